The summed E-state index contributed by atoms with van der Waals surface area (Å²) in [6.45, 7) is 6.35. The van der Waals surface area contributed by atoms with E-state index in [1.165, 1.54) is 0 Å². The normalized spacial score (nSPS) is 24.8. The molecule has 2 aliphatic rings. The maximum atomic E-state index is 13.3. The van der Waals surface area contributed by atoms with E-state index in [9.17, 15) is 9.90 Å². The Morgan fingerprint density at radius 2 is 1.89 bits per heavy atom. The lowest BCUT2D eigenvalue weighted by atomic mass is 9.57. The Bertz CT molecular complexity index is 1310. The molecule has 5 rings (SSSR count). The van der Waals surface area contributed by atoms with Crippen molar-refractivity contribution in [3.8, 4) is 17.2 Å². The maximum Gasteiger partial charge on any atom is 0.255 e. The van der Waals surface area contributed by atoms with E-state index in [-0.39, 0.29) is 17.4 Å². The van der Waals surface area contributed by atoms with Crippen molar-refractivity contribution in [2.75, 3.05) is 19.5 Å². The Balaban J connectivity index is 1.50. The smallest absolute Gasteiger partial charge is 0.255 e. The van der Waals surface area contributed by atoms with Crippen molar-refractivity contribution in [3.63, 3.8) is 0 Å². The second-order valence-electron chi connectivity index (χ2n) is 10.9. The third-order valence-electron chi connectivity index (χ3n) is 8.07. The molecule has 3 aromatic rings. The summed E-state index contributed by atoms with van der Waals surface area (Å²) in [5, 5.41) is 14.7. The Morgan fingerprint density at radius 1 is 1.14 bits per heavy atom. The molecule has 2 aromatic carbocycles. The minimum atomic E-state index is -0.432. The van der Waals surface area contributed by atoms with Crippen molar-refractivity contribution in [1.82, 2.24) is 4.57 Å². The number of amides is 1. The monoisotopic (exact) mass is 478 g/mol. The molecule has 0 bridgehead atoms. The number of hydrogen-bond donors (Lipinski definition) is 2. The van der Waals surface area contributed by atoms with E-state index in [2.05, 4.69) is 26.1 Å². The van der Waals surface area contributed by atoms with Gasteiger partial charge in [0.2, 0.25) is 0 Å². The molecular weight excluding hydrogens is 444 g/mol. The molecule has 0 saturated heterocycles. The molecule has 7 heteroatoms. The number of methoxy groups -OCH3 is 2. The fourth-order valence-electron chi connectivity index (χ4n) is 6.04. The molecule has 3 atom stereocenters. The number of aryl methyl sites for hydroxylation is 1. The molecule has 7 nitrogen and oxygen atoms in total. The predicted octanol–water partition coefficient (Wildman–Crippen LogP) is 4.94. The minimum absolute atomic E-state index is 0.117. The van der Waals surface area contributed by atoms with Crippen LogP contribution < -0.4 is 19.5 Å². The Hall–Kier alpha value is -3.19. The number of hydrogen-bond acceptors (Lipinski definition) is 5. The van der Waals surface area contributed by atoms with E-state index in [0.29, 0.717) is 28.5 Å². The molecule has 0 radical (unpaired) electrons. The number of aromatic nitrogens is 1. The zero-order chi connectivity index (χ0) is 25.1. The van der Waals surface area contributed by atoms with Gasteiger partial charge in [-0.15, -0.1) is 0 Å². The molecule has 186 valence electrons. The molecule has 1 fully saturated rings. The highest BCUT2D eigenvalue weighted by atomic mass is 16.5. The predicted molar refractivity (Wildman–Crippen MR) is 136 cm³/mol. The maximum absolute atomic E-state index is 13.3. The molecular formula is C28H34N2O5. The zero-order valence-corrected chi connectivity index (χ0v) is 21.3. The second kappa shape index (κ2) is 8.19. The summed E-state index contributed by atoms with van der Waals surface area (Å²) >= 11 is 0. The Labute approximate surface area is 206 Å². The van der Waals surface area contributed by atoms with Crippen LogP contribution in [0, 0.1) is 10.8 Å². The van der Waals surface area contributed by atoms with Crippen LogP contribution in [0.2, 0.25) is 0 Å². The molecule has 0 unspecified atom stereocenters. The number of carbonyl (C=O) groups is 1. The van der Waals surface area contributed by atoms with E-state index < -0.39 is 11.5 Å². The van der Waals surface area contributed by atoms with Crippen molar-refractivity contribution >= 4 is 22.5 Å². The summed E-state index contributed by atoms with van der Waals surface area (Å²) in [5.74, 6) is 1.73. The van der Waals surface area contributed by atoms with Gasteiger partial charge in [0.05, 0.1) is 25.8 Å². The van der Waals surface area contributed by atoms with Crippen LogP contribution in [-0.4, -0.2) is 42.0 Å². The first kappa shape index (κ1) is 23.5. The van der Waals surface area contributed by atoms with Gasteiger partial charge in [0.25, 0.3) is 5.91 Å². The van der Waals surface area contributed by atoms with Crippen LogP contribution in [0.25, 0.3) is 10.9 Å². The van der Waals surface area contributed by atoms with Gasteiger partial charge in [-0.05, 0) is 43.5 Å². The molecule has 2 heterocycles. The standard InChI is InChI=1S/C28H34N2O5/c1-27(2)24(31)7-9-28(3)15-19-21(33-5)11-16(12-23(19)35-26(27)28)25(32)29-17-13-20-18(8-10-30(20)4)22(14-17)34-6/h8,10-14,24,26,31H,7,9,15H2,1-6H3,(H,29,32)/t24-,26-,28+/m1/s1. The second-order valence-corrected chi connectivity index (χ2v) is 10.9. The average molecular weight is 479 g/mol. The summed E-state index contributed by atoms with van der Waals surface area (Å²) in [6, 6.07) is 9.32. The van der Waals surface area contributed by atoms with Crippen LogP contribution in [0.4, 0.5) is 5.69 Å². The summed E-state index contributed by atoms with van der Waals surface area (Å²) in [5.41, 5.74) is 2.50. The minimum Gasteiger partial charge on any atom is -0.496 e. The lowest BCUT2D eigenvalue weighted by molar-refractivity contribution is -0.139. The van der Waals surface area contributed by atoms with E-state index in [4.69, 9.17) is 14.2 Å². The molecule has 1 aliphatic heterocycles. The molecule has 1 saturated carbocycles. The fourth-order valence-corrected chi connectivity index (χ4v) is 6.04. The topological polar surface area (TPSA) is 82.0 Å². The number of carbonyl (C=O) groups excluding carboxylic acids is 1. The SMILES string of the molecule is COc1cc(C(=O)Nc2cc(OC)c3ccn(C)c3c2)cc2c1C[C@]1(C)CC[C@@H](O)C(C)(C)[C@H]1O2. The number of nitrogens with one attached hydrogen (secondary N) is 1. The van der Waals surface area contributed by atoms with E-state index in [0.717, 1.165) is 35.7 Å². The highest BCUT2D eigenvalue weighted by Gasteiger charge is 2.55. The molecule has 1 amide bonds. The van der Waals surface area contributed by atoms with Gasteiger partial charge in [0.15, 0.2) is 0 Å². The van der Waals surface area contributed by atoms with Crippen molar-refractivity contribution < 1.29 is 24.1 Å². The highest BCUT2D eigenvalue weighted by Crippen LogP contribution is 2.54. The summed E-state index contributed by atoms with van der Waals surface area (Å²) in [7, 11) is 5.20. The van der Waals surface area contributed by atoms with Crippen LogP contribution in [0.3, 0.4) is 0 Å². The van der Waals surface area contributed by atoms with Crippen LogP contribution in [-0.2, 0) is 13.5 Å². The lowest BCUT2D eigenvalue weighted by Gasteiger charge is -2.55. The van der Waals surface area contributed by atoms with E-state index in [1.807, 2.05) is 36.0 Å². The van der Waals surface area contributed by atoms with Crippen LogP contribution in [0.5, 0.6) is 17.2 Å². The molecule has 1 aromatic heterocycles. The number of rotatable bonds is 4. The van der Waals surface area contributed by atoms with Crippen LogP contribution in [0.1, 0.15) is 49.5 Å². The number of anilines is 1. The fraction of sp³-hybridized carbons (Fsp3) is 0.464. The van der Waals surface area contributed by atoms with E-state index in [1.54, 1.807) is 26.4 Å². The zero-order valence-electron chi connectivity index (χ0n) is 21.3. The number of benzene rings is 2. The number of nitrogens with zero attached hydrogens (tertiary/aromatic N) is 1. The van der Waals surface area contributed by atoms with Gasteiger partial charge < -0.3 is 29.2 Å². The largest absolute Gasteiger partial charge is 0.496 e. The van der Waals surface area contributed by atoms with Gasteiger partial charge in [-0.1, -0.05) is 20.8 Å². The van der Waals surface area contributed by atoms with Crippen molar-refractivity contribution in [2.45, 2.75) is 52.2 Å². The summed E-state index contributed by atoms with van der Waals surface area (Å²) < 4.78 is 19.8. The summed E-state index contributed by atoms with van der Waals surface area (Å²) in [6.07, 6.45) is 3.75. The van der Waals surface area contributed by atoms with Gasteiger partial charge in [-0.3, -0.25) is 4.79 Å². The summed E-state index contributed by atoms with van der Waals surface area (Å²) in [4.78, 5) is 13.3. The molecule has 0 spiro atoms. The Kier molecular flexibility index (Phi) is 5.51. The van der Waals surface area contributed by atoms with Crippen molar-refractivity contribution in [3.05, 3.63) is 47.7 Å². The highest BCUT2D eigenvalue weighted by molar-refractivity contribution is 6.06. The van der Waals surface area contributed by atoms with Crippen LogP contribution in [0.15, 0.2) is 36.5 Å². The first-order valence-corrected chi connectivity index (χ1v) is 12.1. The lowest BCUT2D eigenvalue weighted by Crippen LogP contribution is -2.58. The first-order chi connectivity index (χ1) is 16.6. The van der Waals surface area contributed by atoms with E-state index >= 15 is 0 Å². The van der Waals surface area contributed by atoms with Gasteiger partial charge in [0, 0.05) is 52.3 Å². The quantitative estimate of drug-likeness (QED) is 0.555. The van der Waals surface area contributed by atoms with Crippen molar-refractivity contribution in [1.29, 1.82) is 0 Å². The third-order valence-corrected chi connectivity index (χ3v) is 8.07. The number of ether oxygens (including phenoxy) is 3. The molecule has 35 heavy (non-hydrogen) atoms. The third kappa shape index (κ3) is 3.73. The van der Waals surface area contributed by atoms with Gasteiger partial charge in [-0.25, -0.2) is 0 Å². The number of fused-ring (bicyclic) bond motifs is 3. The van der Waals surface area contributed by atoms with Gasteiger partial charge in [0.1, 0.15) is 23.4 Å². The Morgan fingerprint density at radius 3 is 2.60 bits per heavy atom. The molecule has 1 aliphatic carbocycles. The molecule has 2 N–H and O–H groups in total. The first-order valence-electron chi connectivity index (χ1n) is 12.1. The van der Waals surface area contributed by atoms with Crippen LogP contribution >= 0.6 is 0 Å². The average Bonchev–Trinajstić information content (AvgIpc) is 3.20. The number of aliphatic hydroxyl groups is 1. The number of aliphatic hydroxyl groups excluding tert-OH is 1. The van der Waals surface area contributed by atoms with Gasteiger partial charge in [-0.2, -0.15) is 0 Å². The van der Waals surface area contributed by atoms with Gasteiger partial charge >= 0.3 is 0 Å². The van der Waals surface area contributed by atoms with Crippen molar-refractivity contribution in [2.24, 2.45) is 17.9 Å².